The lowest BCUT2D eigenvalue weighted by molar-refractivity contribution is -0.132. The topological polar surface area (TPSA) is 67.2 Å². The summed E-state index contributed by atoms with van der Waals surface area (Å²) in [5, 5.41) is 7.42. The molecular weight excluding hydrogens is 352 g/mol. The second-order valence-corrected chi connectivity index (χ2v) is 6.77. The lowest BCUT2D eigenvalue weighted by atomic mass is 10.1. The molecule has 1 heterocycles. The predicted molar refractivity (Wildman–Crippen MR) is 112 cm³/mol. The number of nitrogens with zero attached hydrogens (tertiary/aromatic N) is 3. The average molecular weight is 383 g/mol. The van der Waals surface area contributed by atoms with Gasteiger partial charge < -0.3 is 10.2 Å². The van der Waals surface area contributed by atoms with Crippen LogP contribution in [0.1, 0.15) is 43.6 Å². The third-order valence-electron chi connectivity index (χ3n) is 4.45. The minimum Gasteiger partial charge on any atom is -0.355 e. The Bertz CT molecular complexity index is 825. The largest absolute Gasteiger partial charge is 0.355 e. The van der Waals surface area contributed by atoms with Crippen LogP contribution < -0.4 is 5.32 Å². The Kier molecular flexibility index (Phi) is 7.99. The number of carbonyl (C=O) groups is 2. The van der Waals surface area contributed by atoms with Gasteiger partial charge in [-0.2, -0.15) is 5.10 Å². The lowest BCUT2D eigenvalue weighted by Crippen LogP contribution is -2.40. The summed E-state index contributed by atoms with van der Waals surface area (Å²) in [6.45, 7) is 9.16. The Balaban J connectivity index is 2.15. The van der Waals surface area contributed by atoms with Crippen LogP contribution in [0.5, 0.6) is 0 Å². The molecule has 6 nitrogen and oxygen atoms in total. The van der Waals surface area contributed by atoms with Crippen LogP contribution in [0.3, 0.4) is 0 Å². The van der Waals surface area contributed by atoms with Gasteiger partial charge in [0.1, 0.15) is 0 Å². The van der Waals surface area contributed by atoms with Gasteiger partial charge >= 0.3 is 0 Å². The second kappa shape index (κ2) is 10.4. The van der Waals surface area contributed by atoms with Gasteiger partial charge in [0.25, 0.3) is 0 Å². The Hall–Kier alpha value is -2.89. The zero-order valence-electron chi connectivity index (χ0n) is 17.2. The van der Waals surface area contributed by atoms with Crippen molar-refractivity contribution in [2.75, 3.05) is 19.6 Å². The van der Waals surface area contributed by atoms with Gasteiger partial charge in [0, 0.05) is 30.4 Å². The molecule has 0 unspecified atom stereocenters. The number of hydrogen-bond donors (Lipinski definition) is 1. The Morgan fingerprint density at radius 3 is 2.50 bits per heavy atom. The quantitative estimate of drug-likeness (QED) is 0.677. The Morgan fingerprint density at radius 2 is 1.86 bits per heavy atom. The smallest absolute Gasteiger partial charge is 0.247 e. The second-order valence-electron chi connectivity index (χ2n) is 6.77. The predicted octanol–water partition coefficient (Wildman–Crippen LogP) is 3.27. The number of hydrogen-bond acceptors (Lipinski definition) is 3. The molecule has 0 radical (unpaired) electrons. The molecule has 0 saturated carbocycles. The molecule has 1 N–H and O–H groups in total. The molecule has 6 heteroatoms. The van der Waals surface area contributed by atoms with E-state index in [0.29, 0.717) is 13.1 Å². The number of benzene rings is 1. The highest BCUT2D eigenvalue weighted by atomic mass is 16.2. The molecule has 0 fully saturated rings. The van der Waals surface area contributed by atoms with Crippen molar-refractivity contribution in [3.63, 3.8) is 0 Å². The van der Waals surface area contributed by atoms with E-state index in [1.165, 1.54) is 6.08 Å². The monoisotopic (exact) mass is 382 g/mol. The maximum atomic E-state index is 12.6. The first kappa shape index (κ1) is 21.4. The molecule has 28 heavy (non-hydrogen) atoms. The van der Waals surface area contributed by atoms with Crippen molar-refractivity contribution in [2.24, 2.45) is 0 Å². The molecule has 0 aliphatic carbocycles. The van der Waals surface area contributed by atoms with Crippen LogP contribution in [0.15, 0.2) is 36.4 Å². The standard InChI is InChI=1S/C22H30N4O2/c1-5-14-23-21(27)16-25(15-6-2)22(28)13-12-20-17(3)24-26(18(20)4)19-10-8-7-9-11-19/h7-13H,5-6,14-16H2,1-4H3,(H,23,27)/b13-12+. The van der Waals surface area contributed by atoms with E-state index in [-0.39, 0.29) is 18.4 Å². The van der Waals surface area contributed by atoms with E-state index in [4.69, 9.17) is 0 Å². The summed E-state index contributed by atoms with van der Waals surface area (Å²) in [6.07, 6.45) is 5.00. The number of aryl methyl sites for hydroxylation is 1. The van der Waals surface area contributed by atoms with E-state index in [1.807, 2.05) is 62.7 Å². The van der Waals surface area contributed by atoms with E-state index in [2.05, 4.69) is 10.4 Å². The molecule has 2 amide bonds. The molecule has 0 saturated heterocycles. The van der Waals surface area contributed by atoms with Gasteiger partial charge in [0.15, 0.2) is 0 Å². The average Bonchev–Trinajstić information content (AvgIpc) is 2.98. The van der Waals surface area contributed by atoms with Crippen LogP contribution >= 0.6 is 0 Å². The fourth-order valence-electron chi connectivity index (χ4n) is 3.01. The summed E-state index contributed by atoms with van der Waals surface area (Å²) in [6, 6.07) is 9.90. The van der Waals surface area contributed by atoms with Gasteiger partial charge in [-0.05, 0) is 44.9 Å². The van der Waals surface area contributed by atoms with Crippen LogP contribution in [0.2, 0.25) is 0 Å². The van der Waals surface area contributed by atoms with Crippen molar-refractivity contribution in [1.29, 1.82) is 0 Å². The molecular formula is C22H30N4O2. The van der Waals surface area contributed by atoms with Crippen LogP contribution in [-0.4, -0.2) is 46.1 Å². The molecule has 2 rings (SSSR count). The third-order valence-corrected chi connectivity index (χ3v) is 4.45. The van der Waals surface area contributed by atoms with Crippen LogP contribution in [0.25, 0.3) is 11.8 Å². The number of para-hydroxylation sites is 1. The summed E-state index contributed by atoms with van der Waals surface area (Å²) in [4.78, 5) is 26.2. The molecule has 1 aromatic heterocycles. The molecule has 0 aliphatic heterocycles. The molecule has 0 spiro atoms. The highest BCUT2D eigenvalue weighted by Gasteiger charge is 2.15. The minimum atomic E-state index is -0.167. The summed E-state index contributed by atoms with van der Waals surface area (Å²) in [5.74, 6) is -0.291. The zero-order valence-corrected chi connectivity index (χ0v) is 17.2. The van der Waals surface area contributed by atoms with Gasteiger partial charge in [-0.25, -0.2) is 4.68 Å². The fourth-order valence-corrected chi connectivity index (χ4v) is 3.01. The van der Waals surface area contributed by atoms with Crippen LogP contribution in [0.4, 0.5) is 0 Å². The number of carbonyl (C=O) groups excluding carboxylic acids is 2. The molecule has 2 aromatic rings. The van der Waals surface area contributed by atoms with Gasteiger partial charge in [-0.1, -0.05) is 32.0 Å². The number of aromatic nitrogens is 2. The van der Waals surface area contributed by atoms with Crippen molar-refractivity contribution in [3.8, 4) is 5.69 Å². The van der Waals surface area contributed by atoms with Crippen molar-refractivity contribution in [1.82, 2.24) is 20.0 Å². The number of rotatable bonds is 9. The van der Waals surface area contributed by atoms with E-state index in [9.17, 15) is 9.59 Å². The van der Waals surface area contributed by atoms with Crippen molar-refractivity contribution in [3.05, 3.63) is 53.4 Å². The van der Waals surface area contributed by atoms with Crippen molar-refractivity contribution in [2.45, 2.75) is 40.5 Å². The third kappa shape index (κ3) is 5.55. The van der Waals surface area contributed by atoms with Gasteiger partial charge in [0.05, 0.1) is 17.9 Å². The summed E-state index contributed by atoms with van der Waals surface area (Å²) < 4.78 is 1.88. The van der Waals surface area contributed by atoms with E-state index >= 15 is 0 Å². The molecule has 0 bridgehead atoms. The van der Waals surface area contributed by atoms with Gasteiger partial charge in [-0.15, -0.1) is 0 Å². The van der Waals surface area contributed by atoms with E-state index in [0.717, 1.165) is 35.5 Å². The highest BCUT2D eigenvalue weighted by molar-refractivity contribution is 5.94. The fraction of sp³-hybridized carbons (Fsp3) is 0.409. The summed E-state index contributed by atoms with van der Waals surface area (Å²) >= 11 is 0. The Labute approximate surface area is 167 Å². The zero-order chi connectivity index (χ0) is 20.5. The highest BCUT2D eigenvalue weighted by Crippen LogP contribution is 2.19. The van der Waals surface area contributed by atoms with E-state index in [1.54, 1.807) is 11.0 Å². The van der Waals surface area contributed by atoms with E-state index < -0.39 is 0 Å². The minimum absolute atomic E-state index is 0.0816. The van der Waals surface area contributed by atoms with Gasteiger partial charge in [0.2, 0.25) is 11.8 Å². The summed E-state index contributed by atoms with van der Waals surface area (Å²) in [7, 11) is 0. The number of amides is 2. The van der Waals surface area contributed by atoms with Crippen LogP contribution in [-0.2, 0) is 9.59 Å². The lowest BCUT2D eigenvalue weighted by Gasteiger charge is -2.19. The summed E-state index contributed by atoms with van der Waals surface area (Å²) in [5.41, 5.74) is 3.72. The van der Waals surface area contributed by atoms with Crippen molar-refractivity contribution < 1.29 is 9.59 Å². The molecule has 0 aliphatic rings. The first-order valence-electron chi connectivity index (χ1n) is 9.83. The first-order valence-corrected chi connectivity index (χ1v) is 9.83. The first-order chi connectivity index (χ1) is 13.5. The molecule has 0 atom stereocenters. The molecule has 1 aromatic carbocycles. The van der Waals surface area contributed by atoms with Crippen molar-refractivity contribution >= 4 is 17.9 Å². The van der Waals surface area contributed by atoms with Gasteiger partial charge in [-0.3, -0.25) is 9.59 Å². The SMILES string of the molecule is CCCNC(=O)CN(CCC)C(=O)/C=C/c1c(C)nn(-c2ccccc2)c1C. The molecule has 150 valence electrons. The van der Waals surface area contributed by atoms with Crippen LogP contribution in [0, 0.1) is 13.8 Å². The Morgan fingerprint density at radius 1 is 1.14 bits per heavy atom. The maximum absolute atomic E-state index is 12.6. The number of nitrogens with one attached hydrogen (secondary N) is 1. The normalized spacial score (nSPS) is 11.0. The maximum Gasteiger partial charge on any atom is 0.247 e.